The molecule has 0 aliphatic rings. The molecule has 1 aromatic heterocycles. The molecular formula is C10H20N4S. The van der Waals surface area contributed by atoms with E-state index in [1.807, 2.05) is 22.6 Å². The zero-order valence-corrected chi connectivity index (χ0v) is 10.4. The van der Waals surface area contributed by atoms with Crippen molar-refractivity contribution in [3.8, 4) is 0 Å². The minimum atomic E-state index is 0.828. The second kappa shape index (κ2) is 7.70. The molecule has 1 aromatic rings. The van der Waals surface area contributed by atoms with Gasteiger partial charge in [0.2, 0.25) is 0 Å². The van der Waals surface area contributed by atoms with E-state index in [4.69, 9.17) is 0 Å². The van der Waals surface area contributed by atoms with Crippen molar-refractivity contribution in [2.75, 3.05) is 18.1 Å². The lowest BCUT2D eigenvalue weighted by Crippen LogP contribution is -2.13. The molecule has 86 valence electrons. The minimum absolute atomic E-state index is 0.828. The van der Waals surface area contributed by atoms with E-state index in [0.717, 1.165) is 37.5 Å². The van der Waals surface area contributed by atoms with Crippen LogP contribution in [0, 0.1) is 0 Å². The Morgan fingerprint density at radius 2 is 2.33 bits per heavy atom. The van der Waals surface area contributed by atoms with E-state index in [1.54, 1.807) is 0 Å². The van der Waals surface area contributed by atoms with Crippen LogP contribution in [-0.4, -0.2) is 33.0 Å². The molecule has 0 aliphatic carbocycles. The Hall–Kier alpha value is -0.550. The van der Waals surface area contributed by atoms with Crippen molar-refractivity contribution in [2.45, 2.75) is 33.4 Å². The van der Waals surface area contributed by atoms with Crippen LogP contribution in [0.25, 0.3) is 0 Å². The average Bonchev–Trinajstić information content (AvgIpc) is 2.67. The first-order valence-electron chi connectivity index (χ1n) is 5.54. The lowest BCUT2D eigenvalue weighted by atomic mass is 10.4. The number of nitrogens with one attached hydrogen (secondary N) is 1. The van der Waals surface area contributed by atoms with Gasteiger partial charge in [-0.25, -0.2) is 0 Å². The van der Waals surface area contributed by atoms with Crippen LogP contribution in [0.15, 0.2) is 6.20 Å². The Morgan fingerprint density at radius 3 is 3.07 bits per heavy atom. The molecule has 0 aliphatic heterocycles. The summed E-state index contributed by atoms with van der Waals surface area (Å²) in [6, 6.07) is 0. The number of rotatable bonds is 8. The molecule has 0 saturated carbocycles. The van der Waals surface area contributed by atoms with Crippen LogP contribution in [0.1, 0.15) is 26.0 Å². The van der Waals surface area contributed by atoms with E-state index in [2.05, 4.69) is 29.5 Å². The van der Waals surface area contributed by atoms with Crippen molar-refractivity contribution >= 4 is 11.8 Å². The van der Waals surface area contributed by atoms with E-state index in [0.29, 0.717) is 0 Å². The zero-order chi connectivity index (χ0) is 10.9. The summed E-state index contributed by atoms with van der Waals surface area (Å²) < 4.78 is 1.92. The van der Waals surface area contributed by atoms with E-state index in [-0.39, 0.29) is 0 Å². The zero-order valence-electron chi connectivity index (χ0n) is 9.57. The molecule has 0 unspecified atom stereocenters. The van der Waals surface area contributed by atoms with Crippen LogP contribution in [0.4, 0.5) is 0 Å². The van der Waals surface area contributed by atoms with Crippen LogP contribution in [-0.2, 0) is 13.1 Å². The summed E-state index contributed by atoms with van der Waals surface area (Å²) in [6.45, 7) is 7.16. The minimum Gasteiger partial charge on any atom is -0.311 e. The van der Waals surface area contributed by atoms with E-state index in [9.17, 15) is 0 Å². The third-order valence-electron chi connectivity index (χ3n) is 1.99. The molecule has 4 nitrogen and oxygen atoms in total. The number of aromatic nitrogens is 3. The maximum Gasteiger partial charge on any atom is 0.0964 e. The van der Waals surface area contributed by atoms with Crippen molar-refractivity contribution in [1.82, 2.24) is 20.3 Å². The maximum atomic E-state index is 4.11. The molecule has 0 saturated heterocycles. The van der Waals surface area contributed by atoms with Crippen molar-refractivity contribution < 1.29 is 0 Å². The topological polar surface area (TPSA) is 42.7 Å². The van der Waals surface area contributed by atoms with Gasteiger partial charge in [-0.1, -0.05) is 19.1 Å². The molecule has 1 heterocycles. The van der Waals surface area contributed by atoms with Crippen LogP contribution in [0.2, 0.25) is 0 Å². The summed E-state index contributed by atoms with van der Waals surface area (Å²) in [6.07, 6.45) is 3.18. The fourth-order valence-electron chi connectivity index (χ4n) is 1.22. The van der Waals surface area contributed by atoms with Gasteiger partial charge in [-0.3, -0.25) is 4.68 Å². The van der Waals surface area contributed by atoms with Gasteiger partial charge in [0.15, 0.2) is 0 Å². The highest BCUT2D eigenvalue weighted by atomic mass is 32.2. The molecule has 0 atom stereocenters. The van der Waals surface area contributed by atoms with Gasteiger partial charge >= 0.3 is 0 Å². The lowest BCUT2D eigenvalue weighted by Gasteiger charge is -1.98. The van der Waals surface area contributed by atoms with Gasteiger partial charge in [0.05, 0.1) is 12.2 Å². The Kier molecular flexibility index (Phi) is 6.43. The predicted molar refractivity (Wildman–Crippen MR) is 65.0 cm³/mol. The second-order valence-electron chi connectivity index (χ2n) is 3.35. The van der Waals surface area contributed by atoms with E-state index >= 15 is 0 Å². The first-order valence-corrected chi connectivity index (χ1v) is 6.69. The molecule has 5 heteroatoms. The van der Waals surface area contributed by atoms with Crippen molar-refractivity contribution in [3.05, 3.63) is 11.9 Å². The maximum absolute atomic E-state index is 4.11. The van der Waals surface area contributed by atoms with Crippen LogP contribution in [0.5, 0.6) is 0 Å². The lowest BCUT2D eigenvalue weighted by molar-refractivity contribution is 0.630. The number of hydrogen-bond acceptors (Lipinski definition) is 4. The summed E-state index contributed by atoms with van der Waals surface area (Å²) in [5, 5.41) is 11.5. The first kappa shape index (κ1) is 12.5. The molecule has 0 aromatic carbocycles. The summed E-state index contributed by atoms with van der Waals surface area (Å²) in [7, 11) is 0. The molecular weight excluding hydrogens is 208 g/mol. The van der Waals surface area contributed by atoms with Gasteiger partial charge in [0.25, 0.3) is 0 Å². The number of nitrogens with zero attached hydrogens (tertiary/aromatic N) is 3. The third kappa shape index (κ3) is 5.18. The fourth-order valence-corrected chi connectivity index (χ4v) is 1.83. The second-order valence-corrected chi connectivity index (χ2v) is 4.74. The number of hydrogen-bond donors (Lipinski definition) is 1. The van der Waals surface area contributed by atoms with Gasteiger partial charge < -0.3 is 5.32 Å². The Balaban J connectivity index is 2.23. The van der Waals surface area contributed by atoms with Crippen LogP contribution in [0.3, 0.4) is 0 Å². The predicted octanol–water partition coefficient (Wildman–Crippen LogP) is 1.53. The summed E-state index contributed by atoms with van der Waals surface area (Å²) >= 11 is 1.93. The number of thioether (sulfide) groups is 1. The number of aryl methyl sites for hydroxylation is 1. The van der Waals surface area contributed by atoms with Gasteiger partial charge in [-0.05, 0) is 18.7 Å². The summed E-state index contributed by atoms with van der Waals surface area (Å²) in [5.74, 6) is 2.28. The normalized spacial score (nSPS) is 10.8. The molecule has 0 fully saturated rings. The van der Waals surface area contributed by atoms with Gasteiger partial charge in [-0.2, -0.15) is 11.8 Å². The van der Waals surface area contributed by atoms with Crippen molar-refractivity contribution in [2.24, 2.45) is 0 Å². The largest absolute Gasteiger partial charge is 0.311 e. The molecule has 0 bridgehead atoms. The fraction of sp³-hybridized carbons (Fsp3) is 0.800. The Bertz CT molecular complexity index is 237. The molecule has 15 heavy (non-hydrogen) atoms. The van der Waals surface area contributed by atoms with Gasteiger partial charge in [-0.15, -0.1) is 5.10 Å². The highest BCUT2D eigenvalue weighted by molar-refractivity contribution is 7.99. The van der Waals surface area contributed by atoms with Gasteiger partial charge in [0, 0.05) is 18.5 Å². The summed E-state index contributed by atoms with van der Waals surface area (Å²) in [4.78, 5) is 0. The third-order valence-corrected chi connectivity index (χ3v) is 2.87. The monoisotopic (exact) mass is 228 g/mol. The summed E-state index contributed by atoms with van der Waals surface area (Å²) in [5.41, 5.74) is 1.03. The standard InChI is InChI=1S/C10H20N4S/c1-3-5-11-8-10-9-14(13-12-10)6-7-15-4-2/h9,11H,3-8H2,1-2H3. The Morgan fingerprint density at radius 1 is 1.47 bits per heavy atom. The first-order chi connectivity index (χ1) is 7.36. The van der Waals surface area contributed by atoms with Gasteiger partial charge in [0.1, 0.15) is 0 Å². The molecule has 1 N–H and O–H groups in total. The van der Waals surface area contributed by atoms with Crippen molar-refractivity contribution in [3.63, 3.8) is 0 Å². The van der Waals surface area contributed by atoms with Crippen LogP contribution < -0.4 is 5.32 Å². The highest BCUT2D eigenvalue weighted by Crippen LogP contribution is 2.00. The average molecular weight is 228 g/mol. The molecule has 0 amide bonds. The highest BCUT2D eigenvalue weighted by Gasteiger charge is 1.99. The van der Waals surface area contributed by atoms with Crippen molar-refractivity contribution in [1.29, 1.82) is 0 Å². The van der Waals surface area contributed by atoms with E-state index in [1.165, 1.54) is 5.75 Å². The Labute approximate surface area is 95.8 Å². The van der Waals surface area contributed by atoms with E-state index < -0.39 is 0 Å². The SMILES string of the molecule is CCCNCc1cn(CCSCC)nn1. The van der Waals surface area contributed by atoms with Crippen LogP contribution >= 0.6 is 11.8 Å². The molecule has 0 radical (unpaired) electrons. The molecule has 1 rings (SSSR count). The smallest absolute Gasteiger partial charge is 0.0964 e. The quantitative estimate of drug-likeness (QED) is 0.685. The molecule has 0 spiro atoms.